The Labute approximate surface area is 100 Å². The maximum atomic E-state index is 1.56. The molecule has 0 aromatic carbocycles. The fourth-order valence-electron chi connectivity index (χ4n) is 3.56. The molecule has 0 spiro atoms. The first kappa shape index (κ1) is 13.3. The van der Waals surface area contributed by atoms with Crippen LogP contribution in [0.4, 0.5) is 0 Å². The molecule has 1 heteroatoms. The zero-order valence-corrected chi connectivity index (χ0v) is 9.64. The van der Waals surface area contributed by atoms with Crippen LogP contribution < -0.4 is 0 Å². The largest absolute Gasteiger partial charge is 0.0533 e. The summed E-state index contributed by atoms with van der Waals surface area (Å²) in [6.07, 6.45) is 18.4. The van der Waals surface area contributed by atoms with Gasteiger partial charge in [0.1, 0.15) is 0 Å². The molecule has 0 amide bonds. The summed E-state index contributed by atoms with van der Waals surface area (Å²) in [7, 11) is 0. The van der Waals surface area contributed by atoms with E-state index in [0.717, 1.165) is 11.8 Å². The van der Waals surface area contributed by atoms with Gasteiger partial charge in [-0.15, -0.1) is 0 Å². The van der Waals surface area contributed by atoms with Crippen LogP contribution in [0.15, 0.2) is 0 Å². The van der Waals surface area contributed by atoms with Gasteiger partial charge in [-0.1, -0.05) is 77.0 Å². The van der Waals surface area contributed by atoms with E-state index in [4.69, 9.17) is 0 Å². The average Bonchev–Trinajstić information content (AvgIpc) is 2.62. The molecule has 2 rings (SSSR count). The van der Waals surface area contributed by atoms with Crippen molar-refractivity contribution in [3.05, 3.63) is 0 Å². The number of hydrogen-bond donors (Lipinski definition) is 0. The van der Waals surface area contributed by atoms with Gasteiger partial charge < -0.3 is 0 Å². The zero-order chi connectivity index (χ0) is 9.64. The molecule has 0 nitrogen and oxygen atoms in total. The summed E-state index contributed by atoms with van der Waals surface area (Å²) >= 11 is 0. The Kier molecular flexibility index (Phi) is 6.63. The first-order valence-corrected chi connectivity index (χ1v) is 6.97. The Bertz CT molecular complexity index is 121. The third-order valence-corrected chi connectivity index (χ3v) is 4.47. The zero-order valence-electron chi connectivity index (χ0n) is 9.64. The van der Waals surface area contributed by atoms with Crippen molar-refractivity contribution in [2.24, 2.45) is 11.8 Å². The Morgan fingerprint density at radius 2 is 0.667 bits per heavy atom. The summed E-state index contributed by atoms with van der Waals surface area (Å²) in [5.41, 5.74) is 0. The fourth-order valence-corrected chi connectivity index (χ4v) is 3.56. The Morgan fingerprint density at radius 3 is 0.933 bits per heavy atom. The lowest BCUT2D eigenvalue weighted by atomic mass is 9.81. The number of hydrogen-bond acceptors (Lipinski definition) is 0. The predicted molar refractivity (Wildman–Crippen MR) is 73.7 cm³/mol. The van der Waals surface area contributed by atoms with E-state index in [1.165, 1.54) is 51.4 Å². The summed E-state index contributed by atoms with van der Waals surface area (Å²) < 4.78 is 0. The van der Waals surface area contributed by atoms with E-state index in [0.29, 0.717) is 0 Å². The van der Waals surface area contributed by atoms with Crippen LogP contribution in [0.2, 0.25) is 0 Å². The maximum absolute atomic E-state index is 1.56. The fraction of sp³-hybridized carbons (Fsp3) is 1.00. The second kappa shape index (κ2) is 7.48. The van der Waals surface area contributed by atoms with Gasteiger partial charge in [-0.05, 0) is 22.8 Å². The highest BCUT2D eigenvalue weighted by Crippen LogP contribution is 2.36. The minimum atomic E-state index is 0. The molecule has 2 aliphatic carbocycles. The smallest absolute Gasteiger partial charge is 0.0149 e. The molecule has 90 valence electrons. The van der Waals surface area contributed by atoms with Crippen molar-refractivity contribution in [1.29, 1.82) is 0 Å². The van der Waals surface area contributed by atoms with Gasteiger partial charge >= 0.3 is 0 Å². The van der Waals surface area contributed by atoms with Crippen molar-refractivity contribution in [2.75, 3.05) is 0 Å². The van der Waals surface area contributed by atoms with E-state index in [-0.39, 0.29) is 11.0 Å². The van der Waals surface area contributed by atoms with Crippen molar-refractivity contribution in [3.8, 4) is 0 Å². The van der Waals surface area contributed by atoms with Gasteiger partial charge in [-0.2, -0.15) is 0 Å². The molecule has 0 aromatic rings. The van der Waals surface area contributed by atoms with Crippen molar-refractivity contribution >= 4 is 11.0 Å². The molecule has 2 fully saturated rings. The normalized spacial score (nSPS) is 26.4. The summed E-state index contributed by atoms with van der Waals surface area (Å²) in [5, 5.41) is 0. The highest BCUT2D eigenvalue weighted by atomic mass is 28.1. The van der Waals surface area contributed by atoms with Gasteiger partial charge in [0.25, 0.3) is 0 Å². The van der Waals surface area contributed by atoms with Crippen LogP contribution >= 0.6 is 0 Å². The molecule has 0 unspecified atom stereocenters. The second-order valence-corrected chi connectivity index (χ2v) is 5.50. The van der Waals surface area contributed by atoms with E-state index in [9.17, 15) is 0 Å². The molecule has 0 saturated heterocycles. The van der Waals surface area contributed by atoms with Gasteiger partial charge in [-0.3, -0.25) is 0 Å². The van der Waals surface area contributed by atoms with Crippen LogP contribution in [0.5, 0.6) is 0 Å². The standard InChI is InChI=1S/C14H26.H4Si/c1-2-6-10-13(9-5-1)14-11-7-3-4-8-12-14;/h13-14H,1-12H2;1H4. The number of rotatable bonds is 1. The van der Waals surface area contributed by atoms with Gasteiger partial charge in [-0.25, -0.2) is 0 Å². The third-order valence-electron chi connectivity index (χ3n) is 4.47. The van der Waals surface area contributed by atoms with Gasteiger partial charge in [0.2, 0.25) is 0 Å². The van der Waals surface area contributed by atoms with Crippen molar-refractivity contribution < 1.29 is 0 Å². The first-order chi connectivity index (χ1) is 6.97. The topological polar surface area (TPSA) is 0 Å². The quantitative estimate of drug-likeness (QED) is 0.474. The third kappa shape index (κ3) is 4.30. The lowest BCUT2D eigenvalue weighted by molar-refractivity contribution is 0.269. The van der Waals surface area contributed by atoms with Crippen LogP contribution in [0.25, 0.3) is 0 Å². The van der Waals surface area contributed by atoms with E-state index in [1.54, 1.807) is 25.7 Å². The summed E-state index contributed by atoms with van der Waals surface area (Å²) in [6.45, 7) is 0. The molecule has 15 heavy (non-hydrogen) atoms. The van der Waals surface area contributed by atoms with Crippen LogP contribution in [0, 0.1) is 11.8 Å². The van der Waals surface area contributed by atoms with E-state index in [2.05, 4.69) is 0 Å². The van der Waals surface area contributed by atoms with Crippen molar-refractivity contribution in [3.63, 3.8) is 0 Å². The highest BCUT2D eigenvalue weighted by molar-refractivity contribution is 5.75. The Balaban J connectivity index is 0.00000112. The molecule has 2 aliphatic rings. The molecular formula is C14H30Si. The highest BCUT2D eigenvalue weighted by Gasteiger charge is 2.23. The van der Waals surface area contributed by atoms with Crippen LogP contribution in [-0.2, 0) is 0 Å². The summed E-state index contributed by atoms with van der Waals surface area (Å²) in [6, 6.07) is 0. The van der Waals surface area contributed by atoms with Crippen LogP contribution in [0.1, 0.15) is 77.0 Å². The predicted octanol–water partition coefficient (Wildman–Crippen LogP) is 3.48. The molecule has 0 radical (unpaired) electrons. The minimum Gasteiger partial charge on any atom is -0.0533 e. The molecular weight excluding hydrogens is 196 g/mol. The lowest BCUT2D eigenvalue weighted by Gasteiger charge is -2.24. The summed E-state index contributed by atoms with van der Waals surface area (Å²) in [4.78, 5) is 0. The van der Waals surface area contributed by atoms with E-state index < -0.39 is 0 Å². The minimum absolute atomic E-state index is 0. The van der Waals surface area contributed by atoms with E-state index in [1.807, 2.05) is 0 Å². The maximum Gasteiger partial charge on any atom is -0.0149 e. The second-order valence-electron chi connectivity index (χ2n) is 5.50. The van der Waals surface area contributed by atoms with Gasteiger partial charge in [0, 0.05) is 0 Å². The van der Waals surface area contributed by atoms with Crippen LogP contribution in [0.3, 0.4) is 0 Å². The van der Waals surface area contributed by atoms with Crippen molar-refractivity contribution in [2.45, 2.75) is 77.0 Å². The van der Waals surface area contributed by atoms with Crippen molar-refractivity contribution in [1.82, 2.24) is 0 Å². The monoisotopic (exact) mass is 226 g/mol. The lowest BCUT2D eigenvalue weighted by Crippen LogP contribution is -2.13. The SMILES string of the molecule is C1CCCC(C2CCCCCC2)CC1.[SiH4]. The Morgan fingerprint density at radius 1 is 0.400 bits per heavy atom. The molecule has 0 atom stereocenters. The Hall–Kier alpha value is 0.217. The molecule has 0 aromatic heterocycles. The van der Waals surface area contributed by atoms with Gasteiger partial charge in [0.15, 0.2) is 0 Å². The first-order valence-electron chi connectivity index (χ1n) is 6.97. The van der Waals surface area contributed by atoms with Gasteiger partial charge in [0.05, 0.1) is 0 Å². The summed E-state index contributed by atoms with van der Waals surface area (Å²) in [5.74, 6) is 2.24. The average molecular weight is 226 g/mol. The molecule has 0 heterocycles. The molecule has 2 saturated carbocycles. The molecule has 0 bridgehead atoms. The molecule has 0 aliphatic heterocycles. The van der Waals surface area contributed by atoms with E-state index >= 15 is 0 Å². The molecule has 0 N–H and O–H groups in total. The van der Waals surface area contributed by atoms with Crippen LogP contribution in [-0.4, -0.2) is 11.0 Å².